The van der Waals surface area contributed by atoms with Crippen molar-refractivity contribution >= 4 is 17.6 Å². The van der Waals surface area contributed by atoms with E-state index < -0.39 is 11.9 Å². The Balaban J connectivity index is 2.59. The largest absolute Gasteiger partial charge is 0.481 e. The van der Waals surface area contributed by atoms with E-state index in [0.717, 1.165) is 28.7 Å². The Hall–Kier alpha value is -1.81. The molecule has 2 aromatic rings. The van der Waals surface area contributed by atoms with Crippen LogP contribution in [0.4, 0.5) is 0 Å². The van der Waals surface area contributed by atoms with Crippen LogP contribution >= 0.6 is 11.6 Å². The number of nitrogens with zero attached hydrogens (tertiary/aromatic N) is 1. The summed E-state index contributed by atoms with van der Waals surface area (Å²) in [4.78, 5) is 11.2. The molecule has 0 aliphatic carbocycles. The maximum atomic E-state index is 11.2. The summed E-state index contributed by atoms with van der Waals surface area (Å²) >= 11 is 6.09. The molecule has 0 aliphatic rings. The predicted octanol–water partition coefficient (Wildman–Crippen LogP) is 3.79. The lowest BCUT2D eigenvalue weighted by Crippen LogP contribution is -2.12. The van der Waals surface area contributed by atoms with Crippen molar-refractivity contribution in [3.8, 4) is 11.3 Å². The zero-order valence-corrected chi connectivity index (χ0v) is 12.5. The minimum absolute atomic E-state index is 0.520. The van der Waals surface area contributed by atoms with Gasteiger partial charge in [-0.2, -0.15) is 5.10 Å². The first-order valence-corrected chi connectivity index (χ1v) is 6.89. The van der Waals surface area contributed by atoms with Gasteiger partial charge in [-0.1, -0.05) is 18.5 Å². The van der Waals surface area contributed by atoms with Gasteiger partial charge in [-0.05, 0) is 49.1 Å². The van der Waals surface area contributed by atoms with E-state index in [0.29, 0.717) is 10.7 Å². The summed E-state index contributed by atoms with van der Waals surface area (Å²) in [6, 6.07) is 3.92. The van der Waals surface area contributed by atoms with Crippen molar-refractivity contribution < 1.29 is 9.90 Å². The number of nitrogens with one attached hydrogen (secondary N) is 1. The molecule has 0 amide bonds. The fourth-order valence-electron chi connectivity index (χ4n) is 2.52. The molecular weight excluding hydrogens is 276 g/mol. The number of aryl methyl sites for hydroxylation is 2. The molecule has 0 saturated heterocycles. The summed E-state index contributed by atoms with van der Waals surface area (Å²) in [5.41, 5.74) is 4.46. The number of rotatable bonds is 4. The molecule has 0 saturated carbocycles. The standard InChI is InChI=1S/C15H17ClN2O2/c1-4-10-6-11(14-12(16)7-17-18-14)5-8(2)13(10)9(3)15(19)20/h5-7,9H,4H2,1-3H3,(H,17,18)(H,19,20). The fraction of sp³-hybridized carbons (Fsp3) is 0.333. The number of hydrogen-bond donors (Lipinski definition) is 2. The molecule has 1 heterocycles. The zero-order chi connectivity index (χ0) is 14.9. The van der Waals surface area contributed by atoms with Gasteiger partial charge < -0.3 is 5.11 Å². The first kappa shape index (κ1) is 14.6. The van der Waals surface area contributed by atoms with Crippen molar-refractivity contribution in [3.63, 3.8) is 0 Å². The van der Waals surface area contributed by atoms with Crippen LogP contribution in [0.15, 0.2) is 18.3 Å². The summed E-state index contributed by atoms with van der Waals surface area (Å²) < 4.78 is 0. The van der Waals surface area contributed by atoms with Crippen molar-refractivity contribution in [2.45, 2.75) is 33.1 Å². The van der Waals surface area contributed by atoms with E-state index in [1.54, 1.807) is 13.1 Å². The molecule has 0 radical (unpaired) electrons. The Morgan fingerprint density at radius 2 is 2.20 bits per heavy atom. The van der Waals surface area contributed by atoms with Gasteiger partial charge in [0.25, 0.3) is 0 Å². The van der Waals surface area contributed by atoms with E-state index in [2.05, 4.69) is 10.2 Å². The van der Waals surface area contributed by atoms with Crippen molar-refractivity contribution in [1.82, 2.24) is 10.2 Å². The maximum absolute atomic E-state index is 11.2. The number of aliphatic carboxylic acids is 1. The van der Waals surface area contributed by atoms with Gasteiger partial charge in [-0.15, -0.1) is 0 Å². The second kappa shape index (κ2) is 5.67. The normalized spacial score (nSPS) is 12.4. The first-order valence-electron chi connectivity index (χ1n) is 6.51. The molecule has 20 heavy (non-hydrogen) atoms. The number of carboxylic acid groups (broad SMARTS) is 1. The molecule has 0 aliphatic heterocycles. The van der Waals surface area contributed by atoms with Crippen LogP contribution in [-0.4, -0.2) is 21.3 Å². The van der Waals surface area contributed by atoms with Gasteiger partial charge in [0.2, 0.25) is 0 Å². The van der Waals surface area contributed by atoms with Gasteiger partial charge in [0.1, 0.15) is 5.69 Å². The van der Waals surface area contributed by atoms with Crippen LogP contribution in [0.3, 0.4) is 0 Å². The van der Waals surface area contributed by atoms with Crippen LogP contribution in [-0.2, 0) is 11.2 Å². The highest BCUT2D eigenvalue weighted by Crippen LogP contribution is 2.32. The van der Waals surface area contributed by atoms with E-state index in [1.807, 2.05) is 26.0 Å². The van der Waals surface area contributed by atoms with Gasteiger partial charge in [-0.3, -0.25) is 9.89 Å². The minimum Gasteiger partial charge on any atom is -0.481 e. The van der Waals surface area contributed by atoms with E-state index in [4.69, 9.17) is 11.6 Å². The van der Waals surface area contributed by atoms with Crippen LogP contribution in [0, 0.1) is 6.92 Å². The summed E-state index contributed by atoms with van der Waals surface area (Å²) in [5.74, 6) is -1.33. The summed E-state index contributed by atoms with van der Waals surface area (Å²) in [5, 5.41) is 16.7. The zero-order valence-electron chi connectivity index (χ0n) is 11.7. The Kier molecular flexibility index (Phi) is 4.14. The Bertz CT molecular complexity index is 649. The lowest BCUT2D eigenvalue weighted by molar-refractivity contribution is -0.138. The predicted molar refractivity (Wildman–Crippen MR) is 79.2 cm³/mol. The second-order valence-electron chi connectivity index (χ2n) is 4.86. The number of hydrogen-bond acceptors (Lipinski definition) is 2. The third-order valence-electron chi connectivity index (χ3n) is 3.52. The lowest BCUT2D eigenvalue weighted by atomic mass is 9.88. The average molecular weight is 293 g/mol. The van der Waals surface area contributed by atoms with E-state index >= 15 is 0 Å². The molecule has 2 rings (SSSR count). The molecule has 5 heteroatoms. The summed E-state index contributed by atoms with van der Waals surface area (Å²) in [7, 11) is 0. The molecule has 2 N–H and O–H groups in total. The SMILES string of the molecule is CCc1cc(-c2n[nH]cc2Cl)cc(C)c1C(C)C(=O)O. The van der Waals surface area contributed by atoms with Gasteiger partial charge >= 0.3 is 5.97 Å². The molecule has 0 bridgehead atoms. The third kappa shape index (κ3) is 2.56. The topological polar surface area (TPSA) is 66.0 Å². The third-order valence-corrected chi connectivity index (χ3v) is 3.81. The second-order valence-corrected chi connectivity index (χ2v) is 5.27. The Morgan fingerprint density at radius 3 is 2.70 bits per heavy atom. The molecule has 1 aromatic carbocycles. The quantitative estimate of drug-likeness (QED) is 0.901. The molecule has 0 fully saturated rings. The van der Waals surface area contributed by atoms with Crippen LogP contribution in [0.5, 0.6) is 0 Å². The van der Waals surface area contributed by atoms with Gasteiger partial charge in [0.15, 0.2) is 0 Å². The lowest BCUT2D eigenvalue weighted by Gasteiger charge is -2.17. The number of H-pyrrole nitrogens is 1. The maximum Gasteiger partial charge on any atom is 0.310 e. The summed E-state index contributed by atoms with van der Waals surface area (Å²) in [6.45, 7) is 5.66. The molecule has 1 aromatic heterocycles. The minimum atomic E-state index is -0.812. The number of halogens is 1. The van der Waals surface area contributed by atoms with Gasteiger partial charge in [-0.25, -0.2) is 0 Å². The molecular formula is C15H17ClN2O2. The number of benzene rings is 1. The van der Waals surface area contributed by atoms with E-state index in [1.165, 1.54) is 0 Å². The number of carbonyl (C=O) groups is 1. The smallest absolute Gasteiger partial charge is 0.310 e. The fourth-order valence-corrected chi connectivity index (χ4v) is 2.72. The van der Waals surface area contributed by atoms with Crippen molar-refractivity contribution in [2.24, 2.45) is 0 Å². The first-order chi connectivity index (χ1) is 9.45. The molecule has 1 atom stereocenters. The highest BCUT2D eigenvalue weighted by molar-refractivity contribution is 6.32. The van der Waals surface area contributed by atoms with Crippen LogP contribution < -0.4 is 0 Å². The van der Waals surface area contributed by atoms with Crippen molar-refractivity contribution in [3.05, 3.63) is 40.0 Å². The van der Waals surface area contributed by atoms with Gasteiger partial charge in [0, 0.05) is 11.8 Å². The van der Waals surface area contributed by atoms with Crippen LogP contribution in [0.2, 0.25) is 5.02 Å². The highest BCUT2D eigenvalue weighted by atomic mass is 35.5. The molecule has 1 unspecified atom stereocenters. The van der Waals surface area contributed by atoms with E-state index in [-0.39, 0.29) is 0 Å². The monoisotopic (exact) mass is 292 g/mol. The van der Waals surface area contributed by atoms with Crippen LogP contribution in [0.25, 0.3) is 11.3 Å². The highest BCUT2D eigenvalue weighted by Gasteiger charge is 2.20. The van der Waals surface area contributed by atoms with Crippen molar-refractivity contribution in [2.75, 3.05) is 0 Å². The summed E-state index contributed by atoms with van der Waals surface area (Å²) in [6.07, 6.45) is 2.40. The molecule has 106 valence electrons. The van der Waals surface area contributed by atoms with Crippen molar-refractivity contribution in [1.29, 1.82) is 0 Å². The Morgan fingerprint density at radius 1 is 1.50 bits per heavy atom. The Labute approximate surface area is 122 Å². The number of aromatic nitrogens is 2. The van der Waals surface area contributed by atoms with E-state index in [9.17, 15) is 9.90 Å². The number of aromatic amines is 1. The number of carboxylic acids is 1. The van der Waals surface area contributed by atoms with Gasteiger partial charge in [0.05, 0.1) is 10.9 Å². The molecule has 0 spiro atoms. The average Bonchev–Trinajstić information content (AvgIpc) is 2.83. The molecule has 4 nitrogen and oxygen atoms in total. The van der Waals surface area contributed by atoms with Crippen LogP contribution in [0.1, 0.15) is 36.5 Å².